The number of rotatable bonds is 5. The van der Waals surface area contributed by atoms with Gasteiger partial charge in [-0.25, -0.2) is 0 Å². The molecule has 0 saturated heterocycles. The Hall–Kier alpha value is -2.76. The van der Waals surface area contributed by atoms with Crippen molar-refractivity contribution in [2.45, 2.75) is 19.3 Å². The normalized spacial score (nSPS) is 10.9. The van der Waals surface area contributed by atoms with E-state index in [-0.39, 0.29) is 6.42 Å². The Morgan fingerprint density at radius 3 is 2.90 bits per heavy atom. The zero-order valence-electron chi connectivity index (χ0n) is 11.2. The Morgan fingerprint density at radius 2 is 2.05 bits per heavy atom. The Kier molecular flexibility index (Phi) is 3.59. The second-order valence-electron chi connectivity index (χ2n) is 4.62. The molecule has 0 amide bonds. The fourth-order valence-corrected chi connectivity index (χ4v) is 2.14. The van der Waals surface area contributed by atoms with Crippen molar-refractivity contribution < 1.29 is 14.3 Å². The lowest BCUT2D eigenvalue weighted by Gasteiger charge is -2.00. The molecule has 0 fully saturated rings. The Morgan fingerprint density at radius 1 is 1.19 bits per heavy atom. The summed E-state index contributed by atoms with van der Waals surface area (Å²) in [6.45, 7) is 0. The van der Waals surface area contributed by atoms with Gasteiger partial charge in [0.1, 0.15) is 0 Å². The molecule has 106 valence electrons. The number of hydrogen-bond acceptors (Lipinski definition) is 5. The first-order chi connectivity index (χ1) is 10.2. The molecule has 0 radical (unpaired) electrons. The molecule has 0 saturated carbocycles. The highest BCUT2D eigenvalue weighted by molar-refractivity contribution is 5.91. The number of carboxylic acids is 1. The average Bonchev–Trinajstić information content (AvgIpc) is 2.95. The molecule has 0 bridgehead atoms. The van der Waals surface area contributed by atoms with Crippen molar-refractivity contribution >= 4 is 16.9 Å². The maximum absolute atomic E-state index is 10.5. The van der Waals surface area contributed by atoms with Crippen molar-refractivity contribution in [1.29, 1.82) is 0 Å². The Labute approximate surface area is 120 Å². The van der Waals surface area contributed by atoms with Gasteiger partial charge in [0, 0.05) is 30.0 Å². The van der Waals surface area contributed by atoms with E-state index < -0.39 is 5.97 Å². The molecular weight excluding hydrogens is 270 g/mol. The summed E-state index contributed by atoms with van der Waals surface area (Å²) in [5.74, 6) is 0.0564. The zero-order chi connectivity index (χ0) is 14.7. The molecular formula is C15H13N3O3. The van der Waals surface area contributed by atoms with Gasteiger partial charge < -0.3 is 9.52 Å². The molecule has 2 aromatic heterocycles. The molecule has 0 spiro atoms. The van der Waals surface area contributed by atoms with E-state index in [9.17, 15) is 4.79 Å². The molecule has 2 heterocycles. The molecule has 0 aliphatic heterocycles. The van der Waals surface area contributed by atoms with Crippen LogP contribution in [-0.2, 0) is 11.2 Å². The van der Waals surface area contributed by atoms with Crippen LogP contribution in [0.25, 0.3) is 22.4 Å². The number of fused-ring (bicyclic) bond motifs is 1. The molecule has 3 rings (SSSR count). The van der Waals surface area contributed by atoms with Crippen LogP contribution in [0.2, 0.25) is 0 Å². The first-order valence-electron chi connectivity index (χ1n) is 6.62. The minimum atomic E-state index is -0.824. The first kappa shape index (κ1) is 13.2. The van der Waals surface area contributed by atoms with Gasteiger partial charge in [0.2, 0.25) is 11.8 Å². The van der Waals surface area contributed by atoms with Gasteiger partial charge in [0.25, 0.3) is 0 Å². The number of hydrogen-bond donors (Lipinski definition) is 1. The van der Waals surface area contributed by atoms with E-state index in [1.807, 2.05) is 30.3 Å². The largest absolute Gasteiger partial charge is 0.481 e. The summed E-state index contributed by atoms with van der Waals surface area (Å²) < 4.78 is 5.62. The minimum Gasteiger partial charge on any atom is -0.481 e. The number of carboxylic acid groups (broad SMARTS) is 1. The third kappa shape index (κ3) is 2.89. The van der Waals surface area contributed by atoms with Gasteiger partial charge >= 0.3 is 5.97 Å². The number of benzene rings is 1. The van der Waals surface area contributed by atoms with Crippen molar-refractivity contribution in [3.05, 3.63) is 42.4 Å². The zero-order valence-corrected chi connectivity index (χ0v) is 11.2. The van der Waals surface area contributed by atoms with Crippen molar-refractivity contribution in [2.75, 3.05) is 0 Å². The predicted octanol–water partition coefficient (Wildman–Crippen LogP) is 2.69. The van der Waals surface area contributed by atoms with Crippen molar-refractivity contribution in [2.24, 2.45) is 0 Å². The van der Waals surface area contributed by atoms with Crippen LogP contribution in [-0.4, -0.2) is 26.3 Å². The van der Waals surface area contributed by atoms with Crippen LogP contribution in [0.3, 0.4) is 0 Å². The Bertz CT molecular complexity index is 777. The van der Waals surface area contributed by atoms with Gasteiger partial charge in [-0.1, -0.05) is 18.2 Å². The maximum atomic E-state index is 10.5. The number of aliphatic carboxylic acids is 1. The Balaban J connectivity index is 1.86. The monoisotopic (exact) mass is 283 g/mol. The summed E-state index contributed by atoms with van der Waals surface area (Å²) >= 11 is 0. The highest BCUT2D eigenvalue weighted by Gasteiger charge is 2.12. The lowest BCUT2D eigenvalue weighted by Crippen LogP contribution is -1.95. The van der Waals surface area contributed by atoms with E-state index in [4.69, 9.17) is 9.52 Å². The number of carbonyl (C=O) groups is 1. The molecule has 3 aromatic rings. The molecule has 0 aliphatic rings. The number of pyridine rings is 1. The van der Waals surface area contributed by atoms with Crippen LogP contribution in [0.4, 0.5) is 0 Å². The van der Waals surface area contributed by atoms with Gasteiger partial charge in [-0.15, -0.1) is 10.2 Å². The maximum Gasteiger partial charge on any atom is 0.303 e. The van der Waals surface area contributed by atoms with Crippen LogP contribution in [0.1, 0.15) is 18.7 Å². The van der Waals surface area contributed by atoms with Gasteiger partial charge in [0.15, 0.2) is 0 Å². The number of nitrogens with zero attached hydrogens (tertiary/aromatic N) is 3. The molecule has 0 atom stereocenters. The predicted molar refractivity (Wildman–Crippen MR) is 75.6 cm³/mol. The summed E-state index contributed by atoms with van der Waals surface area (Å²) in [5, 5.41) is 17.6. The SMILES string of the molecule is O=C(O)CCCc1nnc(-c2ccnc3ccccc23)o1. The lowest BCUT2D eigenvalue weighted by molar-refractivity contribution is -0.137. The van der Waals surface area contributed by atoms with E-state index in [2.05, 4.69) is 15.2 Å². The van der Waals surface area contributed by atoms with E-state index in [1.165, 1.54) is 0 Å². The van der Waals surface area contributed by atoms with Gasteiger partial charge in [-0.05, 0) is 18.6 Å². The molecule has 0 aliphatic carbocycles. The third-order valence-electron chi connectivity index (χ3n) is 3.13. The topological polar surface area (TPSA) is 89.1 Å². The quantitative estimate of drug-likeness (QED) is 0.774. The summed E-state index contributed by atoms with van der Waals surface area (Å²) in [6.07, 6.45) is 2.73. The van der Waals surface area contributed by atoms with E-state index >= 15 is 0 Å². The molecule has 21 heavy (non-hydrogen) atoms. The summed E-state index contributed by atoms with van der Waals surface area (Å²) in [4.78, 5) is 14.8. The smallest absolute Gasteiger partial charge is 0.303 e. The highest BCUT2D eigenvalue weighted by atomic mass is 16.4. The lowest BCUT2D eigenvalue weighted by atomic mass is 10.1. The van der Waals surface area contributed by atoms with Crippen LogP contribution < -0.4 is 0 Å². The first-order valence-corrected chi connectivity index (χ1v) is 6.62. The highest BCUT2D eigenvalue weighted by Crippen LogP contribution is 2.26. The standard InChI is InChI=1S/C15H13N3O3/c19-14(20)7-3-6-13-17-18-15(21-13)11-8-9-16-12-5-2-1-4-10(11)12/h1-2,4-5,8-9H,3,6-7H2,(H,19,20). The summed E-state index contributed by atoms with van der Waals surface area (Å²) in [7, 11) is 0. The van der Waals surface area contributed by atoms with Crippen LogP contribution in [0, 0.1) is 0 Å². The minimum absolute atomic E-state index is 0.0932. The average molecular weight is 283 g/mol. The van der Waals surface area contributed by atoms with Crippen molar-refractivity contribution in [3.63, 3.8) is 0 Å². The van der Waals surface area contributed by atoms with Crippen LogP contribution >= 0.6 is 0 Å². The molecule has 1 aromatic carbocycles. The fourth-order valence-electron chi connectivity index (χ4n) is 2.14. The molecule has 6 heteroatoms. The van der Waals surface area contributed by atoms with Crippen molar-refractivity contribution in [1.82, 2.24) is 15.2 Å². The van der Waals surface area contributed by atoms with Gasteiger partial charge in [-0.2, -0.15) is 0 Å². The van der Waals surface area contributed by atoms with E-state index in [0.29, 0.717) is 24.6 Å². The second kappa shape index (κ2) is 5.70. The number of aryl methyl sites for hydroxylation is 1. The van der Waals surface area contributed by atoms with E-state index in [1.54, 1.807) is 6.20 Å². The molecule has 6 nitrogen and oxygen atoms in total. The van der Waals surface area contributed by atoms with E-state index in [0.717, 1.165) is 16.5 Å². The second-order valence-corrected chi connectivity index (χ2v) is 4.62. The summed E-state index contributed by atoms with van der Waals surface area (Å²) in [6, 6.07) is 9.55. The molecule has 0 unspecified atom stereocenters. The van der Waals surface area contributed by atoms with Crippen LogP contribution in [0.5, 0.6) is 0 Å². The van der Waals surface area contributed by atoms with Crippen molar-refractivity contribution in [3.8, 4) is 11.5 Å². The third-order valence-corrected chi connectivity index (χ3v) is 3.13. The molecule has 1 N–H and O–H groups in total. The van der Waals surface area contributed by atoms with Gasteiger partial charge in [0.05, 0.1) is 5.52 Å². The number of aromatic nitrogens is 3. The number of para-hydroxylation sites is 1. The summed E-state index contributed by atoms with van der Waals surface area (Å²) in [5.41, 5.74) is 1.69. The van der Waals surface area contributed by atoms with Gasteiger partial charge in [-0.3, -0.25) is 9.78 Å². The fraction of sp³-hybridized carbons (Fsp3) is 0.200. The van der Waals surface area contributed by atoms with Crippen LogP contribution in [0.15, 0.2) is 40.9 Å².